The quantitative estimate of drug-likeness (QED) is 0.858. The lowest BCUT2D eigenvalue weighted by atomic mass is 9.99. The molecule has 4 heteroatoms. The maximum Gasteiger partial charge on any atom is 0.119 e. The molecule has 0 bridgehead atoms. The van der Waals surface area contributed by atoms with E-state index in [2.05, 4.69) is 6.92 Å². The van der Waals surface area contributed by atoms with E-state index in [1.807, 2.05) is 30.3 Å². The van der Waals surface area contributed by atoms with E-state index in [4.69, 9.17) is 33.7 Å². The van der Waals surface area contributed by atoms with Gasteiger partial charge in [-0.2, -0.15) is 0 Å². The summed E-state index contributed by atoms with van der Waals surface area (Å²) in [5.41, 5.74) is 7.95. The molecule has 0 aromatic heterocycles. The molecule has 20 heavy (non-hydrogen) atoms. The summed E-state index contributed by atoms with van der Waals surface area (Å²) in [6.07, 6.45) is 0.983. The highest BCUT2D eigenvalue weighted by atomic mass is 35.5. The van der Waals surface area contributed by atoms with Gasteiger partial charge in [-0.1, -0.05) is 48.3 Å². The number of benzene rings is 2. The first kappa shape index (κ1) is 15.2. The average molecular weight is 310 g/mol. The molecule has 0 spiro atoms. The first-order chi connectivity index (χ1) is 9.63. The molecular weight excluding hydrogens is 293 g/mol. The number of nitrogens with two attached hydrogens (primary N) is 1. The number of rotatable bonds is 5. The van der Waals surface area contributed by atoms with Gasteiger partial charge in [0.05, 0.1) is 12.6 Å². The maximum atomic E-state index is 6.26. The molecule has 0 aliphatic rings. The van der Waals surface area contributed by atoms with Crippen LogP contribution in [0.25, 0.3) is 0 Å². The van der Waals surface area contributed by atoms with E-state index in [0.717, 1.165) is 23.3 Å². The van der Waals surface area contributed by atoms with Crippen LogP contribution in [0.2, 0.25) is 10.0 Å². The zero-order chi connectivity index (χ0) is 14.5. The third-order valence-corrected chi connectivity index (χ3v) is 3.68. The fourth-order valence-electron chi connectivity index (χ4n) is 1.97. The largest absolute Gasteiger partial charge is 0.494 e. The molecule has 2 aromatic rings. The zero-order valence-electron chi connectivity index (χ0n) is 11.3. The first-order valence-electron chi connectivity index (χ1n) is 6.55. The van der Waals surface area contributed by atoms with Gasteiger partial charge in [0, 0.05) is 15.6 Å². The average Bonchev–Trinajstić information content (AvgIpc) is 2.45. The van der Waals surface area contributed by atoms with Crippen molar-refractivity contribution in [1.82, 2.24) is 0 Å². The number of ether oxygens (including phenoxy) is 1. The van der Waals surface area contributed by atoms with E-state index < -0.39 is 0 Å². The monoisotopic (exact) mass is 309 g/mol. The second-order valence-corrected chi connectivity index (χ2v) is 5.34. The van der Waals surface area contributed by atoms with Crippen LogP contribution in [0.15, 0.2) is 42.5 Å². The Balaban J connectivity index is 2.23. The summed E-state index contributed by atoms with van der Waals surface area (Å²) in [6.45, 7) is 2.78. The second kappa shape index (κ2) is 6.98. The van der Waals surface area contributed by atoms with Crippen LogP contribution in [0, 0.1) is 0 Å². The van der Waals surface area contributed by atoms with E-state index >= 15 is 0 Å². The van der Waals surface area contributed by atoms with Crippen LogP contribution in [-0.2, 0) is 0 Å². The topological polar surface area (TPSA) is 35.2 Å². The van der Waals surface area contributed by atoms with Crippen LogP contribution in [0.3, 0.4) is 0 Å². The second-order valence-electron chi connectivity index (χ2n) is 4.53. The molecule has 0 saturated heterocycles. The summed E-state index contributed by atoms with van der Waals surface area (Å²) in [6, 6.07) is 12.7. The molecule has 0 saturated carbocycles. The van der Waals surface area contributed by atoms with Crippen LogP contribution in [0.4, 0.5) is 0 Å². The molecule has 2 nitrogen and oxygen atoms in total. The Morgan fingerprint density at radius 1 is 1.05 bits per heavy atom. The Bertz CT molecular complexity index is 549. The van der Waals surface area contributed by atoms with Crippen LogP contribution < -0.4 is 10.5 Å². The Hall–Kier alpha value is -1.22. The van der Waals surface area contributed by atoms with Gasteiger partial charge in [0.15, 0.2) is 0 Å². The zero-order valence-corrected chi connectivity index (χ0v) is 12.8. The van der Waals surface area contributed by atoms with Crippen molar-refractivity contribution in [2.75, 3.05) is 6.61 Å². The number of halogens is 2. The minimum atomic E-state index is -0.351. The van der Waals surface area contributed by atoms with Gasteiger partial charge in [-0.25, -0.2) is 0 Å². The molecule has 2 N–H and O–H groups in total. The van der Waals surface area contributed by atoms with Gasteiger partial charge in [0.1, 0.15) is 5.75 Å². The van der Waals surface area contributed by atoms with E-state index in [-0.39, 0.29) is 6.04 Å². The summed E-state index contributed by atoms with van der Waals surface area (Å²) in [7, 11) is 0. The highest BCUT2D eigenvalue weighted by molar-refractivity contribution is 6.36. The normalized spacial score (nSPS) is 12.2. The predicted molar refractivity (Wildman–Crippen MR) is 84.7 cm³/mol. The Kier molecular flexibility index (Phi) is 5.30. The highest BCUT2D eigenvalue weighted by Gasteiger charge is 2.15. The van der Waals surface area contributed by atoms with Crippen molar-refractivity contribution < 1.29 is 4.74 Å². The van der Waals surface area contributed by atoms with Crippen molar-refractivity contribution in [1.29, 1.82) is 0 Å². The Morgan fingerprint density at radius 3 is 2.20 bits per heavy atom. The third-order valence-electron chi connectivity index (χ3n) is 3.02. The third kappa shape index (κ3) is 3.45. The van der Waals surface area contributed by atoms with E-state index in [1.54, 1.807) is 12.1 Å². The van der Waals surface area contributed by atoms with Crippen molar-refractivity contribution in [3.8, 4) is 5.75 Å². The number of hydrogen-bond donors (Lipinski definition) is 1. The molecule has 0 fully saturated rings. The lowest BCUT2D eigenvalue weighted by Crippen LogP contribution is -2.13. The molecule has 0 amide bonds. The molecule has 0 aliphatic heterocycles. The molecule has 2 aromatic carbocycles. The first-order valence-corrected chi connectivity index (χ1v) is 7.31. The summed E-state index contributed by atoms with van der Waals surface area (Å²) in [5.74, 6) is 0.841. The van der Waals surface area contributed by atoms with Gasteiger partial charge in [-0.15, -0.1) is 0 Å². The van der Waals surface area contributed by atoms with Crippen LogP contribution in [0.5, 0.6) is 5.75 Å². The molecule has 0 heterocycles. The summed E-state index contributed by atoms with van der Waals surface area (Å²) in [4.78, 5) is 0. The van der Waals surface area contributed by atoms with Gasteiger partial charge in [0.25, 0.3) is 0 Å². The smallest absolute Gasteiger partial charge is 0.119 e. The standard InChI is InChI=1S/C16H17Cl2NO/c1-2-10-20-12-8-6-11(7-9-12)16(19)15-13(17)4-3-5-14(15)18/h3-9,16H,2,10,19H2,1H3. The van der Waals surface area contributed by atoms with E-state index in [1.165, 1.54) is 0 Å². The highest BCUT2D eigenvalue weighted by Crippen LogP contribution is 2.33. The van der Waals surface area contributed by atoms with Crippen molar-refractivity contribution in [3.05, 3.63) is 63.6 Å². The summed E-state index contributed by atoms with van der Waals surface area (Å²) < 4.78 is 5.55. The van der Waals surface area contributed by atoms with Crippen LogP contribution in [0.1, 0.15) is 30.5 Å². The lowest BCUT2D eigenvalue weighted by Gasteiger charge is -2.16. The van der Waals surface area contributed by atoms with Crippen LogP contribution >= 0.6 is 23.2 Å². The molecule has 0 radical (unpaired) electrons. The number of hydrogen-bond acceptors (Lipinski definition) is 2. The fourth-order valence-corrected chi connectivity index (χ4v) is 2.60. The van der Waals surface area contributed by atoms with Crippen LogP contribution in [-0.4, -0.2) is 6.61 Å². The summed E-state index contributed by atoms with van der Waals surface area (Å²) in [5, 5.41) is 1.16. The molecule has 106 valence electrons. The van der Waals surface area contributed by atoms with Gasteiger partial charge in [0.2, 0.25) is 0 Å². The molecular formula is C16H17Cl2NO. The predicted octanol–water partition coefficient (Wildman–Crippen LogP) is 4.83. The van der Waals surface area contributed by atoms with Crippen molar-refractivity contribution in [2.45, 2.75) is 19.4 Å². The Labute approximate surface area is 129 Å². The van der Waals surface area contributed by atoms with E-state index in [0.29, 0.717) is 16.7 Å². The summed E-state index contributed by atoms with van der Waals surface area (Å²) >= 11 is 12.4. The van der Waals surface area contributed by atoms with Gasteiger partial charge in [-0.3, -0.25) is 0 Å². The fraction of sp³-hybridized carbons (Fsp3) is 0.250. The van der Waals surface area contributed by atoms with Gasteiger partial charge >= 0.3 is 0 Å². The lowest BCUT2D eigenvalue weighted by molar-refractivity contribution is 0.317. The van der Waals surface area contributed by atoms with Gasteiger partial charge < -0.3 is 10.5 Å². The SMILES string of the molecule is CCCOc1ccc(C(N)c2c(Cl)cccc2Cl)cc1. The molecule has 0 aliphatic carbocycles. The van der Waals surface area contributed by atoms with Crippen molar-refractivity contribution in [3.63, 3.8) is 0 Å². The molecule has 1 unspecified atom stereocenters. The van der Waals surface area contributed by atoms with E-state index in [9.17, 15) is 0 Å². The molecule has 1 atom stereocenters. The van der Waals surface area contributed by atoms with Crippen molar-refractivity contribution in [2.24, 2.45) is 5.73 Å². The minimum absolute atomic E-state index is 0.351. The Morgan fingerprint density at radius 2 is 1.65 bits per heavy atom. The molecule has 2 rings (SSSR count). The minimum Gasteiger partial charge on any atom is -0.494 e. The van der Waals surface area contributed by atoms with Gasteiger partial charge in [-0.05, 0) is 36.2 Å². The van der Waals surface area contributed by atoms with Crippen molar-refractivity contribution >= 4 is 23.2 Å². The maximum absolute atomic E-state index is 6.26.